The number of nitrogens with zero attached hydrogens (tertiary/aromatic N) is 2. The Morgan fingerprint density at radius 1 is 1.47 bits per heavy atom. The molecule has 0 bridgehead atoms. The van der Waals surface area contributed by atoms with Crippen LogP contribution in [0.15, 0.2) is 0 Å². The van der Waals surface area contributed by atoms with Crippen molar-refractivity contribution < 1.29 is 9.53 Å². The molecule has 1 aromatic heterocycles. The number of ether oxygens (including phenoxy) is 1. The molecular formula is C8H9Cl2N3O2. The highest BCUT2D eigenvalue weighted by Gasteiger charge is 2.17. The lowest BCUT2D eigenvalue weighted by molar-refractivity contribution is 0.114. The number of rotatable bonds is 2. The molecule has 0 fully saturated rings. The highest BCUT2D eigenvalue weighted by molar-refractivity contribution is 6.32. The van der Waals surface area contributed by atoms with Crippen LogP contribution in [0.25, 0.3) is 0 Å². The lowest BCUT2D eigenvalue weighted by atomic mass is 10.2. The molecule has 15 heavy (non-hydrogen) atoms. The molecule has 1 unspecified atom stereocenters. The van der Waals surface area contributed by atoms with Gasteiger partial charge >= 0.3 is 6.09 Å². The summed E-state index contributed by atoms with van der Waals surface area (Å²) in [5.41, 5.74) is 5.94. The van der Waals surface area contributed by atoms with Crippen LogP contribution in [-0.2, 0) is 4.74 Å². The zero-order valence-corrected chi connectivity index (χ0v) is 9.63. The fraction of sp³-hybridized carbons (Fsp3) is 0.375. The van der Waals surface area contributed by atoms with Crippen molar-refractivity contribution in [2.75, 3.05) is 0 Å². The summed E-state index contributed by atoms with van der Waals surface area (Å²) in [7, 11) is 0. The van der Waals surface area contributed by atoms with Crippen LogP contribution in [0.2, 0.25) is 10.4 Å². The molecule has 1 atom stereocenters. The molecular weight excluding hydrogens is 241 g/mol. The van der Waals surface area contributed by atoms with Crippen molar-refractivity contribution in [1.29, 1.82) is 0 Å². The van der Waals surface area contributed by atoms with E-state index in [-0.39, 0.29) is 10.4 Å². The molecule has 1 aromatic rings. The summed E-state index contributed by atoms with van der Waals surface area (Å²) in [4.78, 5) is 18.2. The minimum Gasteiger partial charge on any atom is -0.440 e. The Bertz CT molecular complexity index is 398. The number of carbonyl (C=O) groups excluding carboxylic acids is 1. The Morgan fingerprint density at radius 2 is 2.07 bits per heavy atom. The molecule has 0 aromatic carbocycles. The van der Waals surface area contributed by atoms with Crippen molar-refractivity contribution in [3.63, 3.8) is 0 Å². The predicted octanol–water partition coefficient (Wildman–Crippen LogP) is 2.25. The quantitative estimate of drug-likeness (QED) is 0.644. The number of hydrogen-bond acceptors (Lipinski definition) is 4. The standard InChI is InChI=1S/C8H9Cl2N3O2/c1-3-5(4(2)15-8(11)14)12-7(10)13-6(3)9/h4H,1-2H3,(H2,11,14). The Kier molecular flexibility index (Phi) is 3.71. The van der Waals surface area contributed by atoms with E-state index in [4.69, 9.17) is 33.7 Å². The highest BCUT2D eigenvalue weighted by Crippen LogP contribution is 2.24. The van der Waals surface area contributed by atoms with Gasteiger partial charge in [-0.05, 0) is 25.4 Å². The second kappa shape index (κ2) is 4.63. The average Bonchev–Trinajstić information content (AvgIpc) is 2.09. The van der Waals surface area contributed by atoms with Gasteiger partial charge in [0.05, 0.1) is 5.69 Å². The van der Waals surface area contributed by atoms with Crippen LogP contribution in [0.3, 0.4) is 0 Å². The van der Waals surface area contributed by atoms with Crippen molar-refractivity contribution in [3.8, 4) is 0 Å². The van der Waals surface area contributed by atoms with Gasteiger partial charge in [0.1, 0.15) is 11.3 Å². The van der Waals surface area contributed by atoms with Crippen molar-refractivity contribution in [1.82, 2.24) is 9.97 Å². The first-order valence-corrected chi connectivity index (χ1v) is 4.83. The van der Waals surface area contributed by atoms with Crippen molar-refractivity contribution in [3.05, 3.63) is 21.7 Å². The van der Waals surface area contributed by atoms with Gasteiger partial charge in [-0.25, -0.2) is 14.8 Å². The third-order valence-corrected chi connectivity index (χ3v) is 2.31. The summed E-state index contributed by atoms with van der Waals surface area (Å²) >= 11 is 11.4. The Labute approximate surface area is 96.6 Å². The summed E-state index contributed by atoms with van der Waals surface area (Å²) in [6.45, 7) is 3.32. The summed E-state index contributed by atoms with van der Waals surface area (Å²) in [5, 5.41) is 0.227. The van der Waals surface area contributed by atoms with Gasteiger partial charge in [-0.2, -0.15) is 0 Å². The second-order valence-electron chi connectivity index (χ2n) is 2.87. The van der Waals surface area contributed by atoms with Gasteiger partial charge in [-0.15, -0.1) is 0 Å². The largest absolute Gasteiger partial charge is 0.440 e. The minimum atomic E-state index is -0.882. The normalized spacial score (nSPS) is 12.3. The van der Waals surface area contributed by atoms with Crippen LogP contribution in [0.5, 0.6) is 0 Å². The second-order valence-corrected chi connectivity index (χ2v) is 3.57. The van der Waals surface area contributed by atoms with Gasteiger partial charge in [0, 0.05) is 5.56 Å². The van der Waals surface area contributed by atoms with Gasteiger partial charge in [0.25, 0.3) is 0 Å². The molecule has 0 aliphatic heterocycles. The lowest BCUT2D eigenvalue weighted by Crippen LogP contribution is -2.17. The van der Waals surface area contributed by atoms with Gasteiger partial charge < -0.3 is 10.5 Å². The topological polar surface area (TPSA) is 78.1 Å². The number of nitrogens with two attached hydrogens (primary N) is 1. The van der Waals surface area contributed by atoms with E-state index in [0.717, 1.165) is 0 Å². The fourth-order valence-corrected chi connectivity index (χ4v) is 1.50. The van der Waals surface area contributed by atoms with E-state index in [1.165, 1.54) is 0 Å². The third kappa shape index (κ3) is 2.94. The van der Waals surface area contributed by atoms with Crippen LogP contribution in [0, 0.1) is 6.92 Å². The van der Waals surface area contributed by atoms with Crippen molar-refractivity contribution in [2.24, 2.45) is 5.73 Å². The first kappa shape index (κ1) is 12.0. The monoisotopic (exact) mass is 249 g/mol. The number of primary amides is 1. The van der Waals surface area contributed by atoms with E-state index in [1.54, 1.807) is 13.8 Å². The molecule has 5 nitrogen and oxygen atoms in total. The molecule has 1 amide bonds. The van der Waals surface area contributed by atoms with E-state index in [9.17, 15) is 4.79 Å². The van der Waals surface area contributed by atoms with E-state index in [0.29, 0.717) is 11.3 Å². The minimum absolute atomic E-state index is 0.000482. The molecule has 1 heterocycles. The summed E-state index contributed by atoms with van der Waals surface area (Å²) in [6, 6.07) is 0. The maximum absolute atomic E-state index is 10.6. The van der Waals surface area contributed by atoms with Crippen LogP contribution in [0.4, 0.5) is 4.79 Å². The first-order chi connectivity index (χ1) is 6.91. The smallest absolute Gasteiger partial charge is 0.405 e. The molecule has 0 saturated carbocycles. The van der Waals surface area contributed by atoms with E-state index in [2.05, 4.69) is 9.97 Å². The van der Waals surface area contributed by atoms with E-state index >= 15 is 0 Å². The van der Waals surface area contributed by atoms with E-state index in [1.807, 2.05) is 0 Å². The molecule has 2 N–H and O–H groups in total. The van der Waals surface area contributed by atoms with Gasteiger partial charge in [-0.3, -0.25) is 0 Å². The fourth-order valence-electron chi connectivity index (χ4n) is 1.10. The Balaban J connectivity index is 3.07. The molecule has 0 aliphatic rings. The van der Waals surface area contributed by atoms with Crippen LogP contribution in [-0.4, -0.2) is 16.1 Å². The lowest BCUT2D eigenvalue weighted by Gasteiger charge is -2.13. The maximum Gasteiger partial charge on any atom is 0.405 e. The molecule has 82 valence electrons. The number of hydrogen-bond donors (Lipinski definition) is 1. The van der Waals surface area contributed by atoms with Gasteiger partial charge in [0.2, 0.25) is 5.28 Å². The molecule has 0 radical (unpaired) electrons. The third-order valence-electron chi connectivity index (χ3n) is 1.77. The van der Waals surface area contributed by atoms with Crippen LogP contribution in [0.1, 0.15) is 24.3 Å². The van der Waals surface area contributed by atoms with Crippen LogP contribution >= 0.6 is 23.2 Å². The SMILES string of the molecule is Cc1c(Cl)nc(Cl)nc1C(C)OC(N)=O. The zero-order chi connectivity index (χ0) is 11.6. The number of halogens is 2. The number of amides is 1. The molecule has 0 spiro atoms. The Hall–Kier alpha value is -1.07. The summed E-state index contributed by atoms with van der Waals surface area (Å²) in [5.74, 6) is 0. The summed E-state index contributed by atoms with van der Waals surface area (Å²) < 4.78 is 4.76. The number of carbonyl (C=O) groups is 1. The first-order valence-electron chi connectivity index (χ1n) is 4.07. The molecule has 1 rings (SSSR count). The van der Waals surface area contributed by atoms with Crippen LogP contribution < -0.4 is 5.73 Å². The van der Waals surface area contributed by atoms with Crippen molar-refractivity contribution >= 4 is 29.3 Å². The van der Waals surface area contributed by atoms with Gasteiger partial charge in [-0.1, -0.05) is 11.6 Å². The number of aromatic nitrogens is 2. The summed E-state index contributed by atoms with van der Waals surface area (Å²) in [6.07, 6.45) is -1.49. The Morgan fingerprint density at radius 3 is 2.60 bits per heavy atom. The predicted molar refractivity (Wildman–Crippen MR) is 55.9 cm³/mol. The average molecular weight is 250 g/mol. The van der Waals surface area contributed by atoms with E-state index < -0.39 is 12.2 Å². The molecule has 0 saturated heterocycles. The zero-order valence-electron chi connectivity index (χ0n) is 8.12. The maximum atomic E-state index is 10.6. The molecule has 0 aliphatic carbocycles. The van der Waals surface area contributed by atoms with Crippen molar-refractivity contribution in [2.45, 2.75) is 20.0 Å². The molecule has 7 heteroatoms. The van der Waals surface area contributed by atoms with Gasteiger partial charge in [0.15, 0.2) is 0 Å². The highest BCUT2D eigenvalue weighted by atomic mass is 35.5.